The molecule has 1 aromatic rings. The molecule has 0 saturated carbocycles. The average Bonchev–Trinajstić information content (AvgIpc) is 2.51. The molecule has 0 amide bonds. The van der Waals surface area contributed by atoms with Crippen molar-refractivity contribution in [1.29, 1.82) is 0 Å². The van der Waals surface area contributed by atoms with Crippen LogP contribution in [0.25, 0.3) is 0 Å². The van der Waals surface area contributed by atoms with Gasteiger partial charge in [0.15, 0.2) is 0 Å². The van der Waals surface area contributed by atoms with Crippen LogP contribution in [0.5, 0.6) is 5.75 Å². The lowest BCUT2D eigenvalue weighted by Gasteiger charge is -2.57. The molecule has 0 radical (unpaired) electrons. The van der Waals surface area contributed by atoms with Gasteiger partial charge in [0.2, 0.25) is 0 Å². The van der Waals surface area contributed by atoms with Crippen LogP contribution >= 0.6 is 0 Å². The number of aliphatic hydroxyl groups excluding tert-OH is 1. The first-order valence-electron chi connectivity index (χ1n) is 8.47. The average molecular weight is 299 g/mol. The molecule has 0 spiro atoms. The highest BCUT2D eigenvalue weighted by atomic mass is 16.5. The Bertz CT molecular complexity index is 611. The number of rotatable bonds is 2. The Labute approximate surface area is 132 Å². The van der Waals surface area contributed by atoms with Crippen molar-refractivity contribution in [2.45, 2.75) is 43.7 Å². The normalized spacial score (nSPS) is 36.6. The van der Waals surface area contributed by atoms with E-state index in [1.165, 1.54) is 11.1 Å². The third-order valence-corrected chi connectivity index (χ3v) is 6.00. The zero-order valence-corrected chi connectivity index (χ0v) is 13.5. The molecule has 3 heteroatoms. The quantitative estimate of drug-likeness (QED) is 0.852. The summed E-state index contributed by atoms with van der Waals surface area (Å²) >= 11 is 0. The van der Waals surface area contributed by atoms with E-state index in [2.05, 4.69) is 36.2 Å². The first-order valence-corrected chi connectivity index (χ1v) is 8.47. The first-order chi connectivity index (χ1) is 10.6. The molecule has 1 N–H and O–H groups in total. The Morgan fingerprint density at radius 1 is 1.36 bits per heavy atom. The second-order valence-electron chi connectivity index (χ2n) is 7.09. The van der Waals surface area contributed by atoms with Crippen molar-refractivity contribution in [3.8, 4) is 5.75 Å². The van der Waals surface area contributed by atoms with E-state index in [0.717, 1.165) is 31.6 Å². The SMILES string of the molecule is CCOc1ccc2c(c1)[C@]13CCN(C)[C@H](C2)[C@@H]1C=C[C@H](O)C3. The lowest BCUT2D eigenvalue weighted by Crippen LogP contribution is -2.60. The monoisotopic (exact) mass is 299 g/mol. The molecule has 2 bridgehead atoms. The minimum atomic E-state index is -0.318. The highest BCUT2D eigenvalue weighted by molar-refractivity contribution is 5.47. The topological polar surface area (TPSA) is 32.7 Å². The van der Waals surface area contributed by atoms with Crippen molar-refractivity contribution in [3.63, 3.8) is 0 Å². The van der Waals surface area contributed by atoms with Crippen molar-refractivity contribution in [3.05, 3.63) is 41.5 Å². The third-order valence-electron chi connectivity index (χ3n) is 6.00. The van der Waals surface area contributed by atoms with Crippen molar-refractivity contribution in [2.24, 2.45) is 5.92 Å². The highest BCUT2D eigenvalue weighted by Gasteiger charge is 2.53. The van der Waals surface area contributed by atoms with Crippen LogP contribution in [-0.4, -0.2) is 42.4 Å². The Balaban J connectivity index is 1.86. The molecule has 4 rings (SSSR count). The van der Waals surface area contributed by atoms with Crippen molar-refractivity contribution in [2.75, 3.05) is 20.2 Å². The molecule has 3 nitrogen and oxygen atoms in total. The molecule has 1 saturated heterocycles. The second-order valence-corrected chi connectivity index (χ2v) is 7.09. The van der Waals surface area contributed by atoms with E-state index >= 15 is 0 Å². The summed E-state index contributed by atoms with van der Waals surface area (Å²) in [5, 5.41) is 10.3. The summed E-state index contributed by atoms with van der Waals surface area (Å²) in [5.74, 6) is 1.48. The molecule has 118 valence electrons. The van der Waals surface area contributed by atoms with Gasteiger partial charge in [-0.15, -0.1) is 0 Å². The van der Waals surface area contributed by atoms with Gasteiger partial charge in [0.1, 0.15) is 5.75 Å². The molecule has 4 atom stereocenters. The predicted molar refractivity (Wildman–Crippen MR) is 87.3 cm³/mol. The number of nitrogens with zero attached hydrogens (tertiary/aromatic N) is 1. The molecule has 1 fully saturated rings. The van der Waals surface area contributed by atoms with Gasteiger partial charge in [-0.2, -0.15) is 0 Å². The molecule has 2 aliphatic carbocycles. The summed E-state index contributed by atoms with van der Waals surface area (Å²) in [5.41, 5.74) is 2.96. The van der Waals surface area contributed by atoms with E-state index in [1.807, 2.05) is 13.0 Å². The molecule has 0 aromatic heterocycles. The summed E-state index contributed by atoms with van der Waals surface area (Å²) in [4.78, 5) is 2.50. The van der Waals surface area contributed by atoms with Crippen molar-refractivity contribution in [1.82, 2.24) is 4.90 Å². The Hall–Kier alpha value is -1.32. The maximum atomic E-state index is 10.3. The Morgan fingerprint density at radius 3 is 3.05 bits per heavy atom. The number of hydrogen-bond acceptors (Lipinski definition) is 3. The van der Waals surface area contributed by atoms with E-state index in [9.17, 15) is 5.11 Å². The lowest BCUT2D eigenvalue weighted by atomic mass is 9.54. The molecule has 1 aromatic carbocycles. The Morgan fingerprint density at radius 2 is 2.23 bits per heavy atom. The number of piperidine rings is 1. The number of benzene rings is 1. The molecular formula is C19H25NO2. The van der Waals surface area contributed by atoms with E-state index in [1.54, 1.807) is 0 Å². The van der Waals surface area contributed by atoms with Crippen LogP contribution in [0.3, 0.4) is 0 Å². The molecule has 1 heterocycles. The summed E-state index contributed by atoms with van der Waals surface area (Å²) in [7, 11) is 2.24. The van der Waals surface area contributed by atoms with Crippen LogP contribution in [0.1, 0.15) is 30.9 Å². The van der Waals surface area contributed by atoms with Crippen LogP contribution in [0.15, 0.2) is 30.4 Å². The van der Waals surface area contributed by atoms with Crippen molar-refractivity contribution < 1.29 is 9.84 Å². The van der Waals surface area contributed by atoms with Crippen LogP contribution in [-0.2, 0) is 11.8 Å². The van der Waals surface area contributed by atoms with Gasteiger partial charge in [-0.1, -0.05) is 18.2 Å². The van der Waals surface area contributed by atoms with Crippen LogP contribution < -0.4 is 4.74 Å². The standard InChI is InChI=1S/C19H25NO2/c1-3-22-15-6-4-13-10-18-16-7-5-14(21)12-19(16,17(13)11-15)8-9-20(18)2/h4-7,11,14,16,18,21H,3,8-10,12H2,1-2H3/t14-,16-,18+,19-/m0/s1. The molecule has 0 unspecified atom stereocenters. The number of fused-ring (bicyclic) bond motifs is 1. The zero-order chi connectivity index (χ0) is 15.3. The summed E-state index contributed by atoms with van der Waals surface area (Å²) in [6.07, 6.45) is 7.04. The first kappa shape index (κ1) is 14.3. The van der Waals surface area contributed by atoms with Crippen LogP contribution in [0.4, 0.5) is 0 Å². The zero-order valence-electron chi connectivity index (χ0n) is 13.5. The predicted octanol–water partition coefficient (Wildman–Crippen LogP) is 2.52. The maximum absolute atomic E-state index is 10.3. The molecular weight excluding hydrogens is 274 g/mol. The maximum Gasteiger partial charge on any atom is 0.119 e. The summed E-state index contributed by atoms with van der Waals surface area (Å²) < 4.78 is 5.74. The third kappa shape index (κ3) is 1.95. The number of likely N-dealkylation sites (N-methyl/N-ethyl adjacent to an activating group) is 1. The van der Waals surface area contributed by atoms with E-state index in [-0.39, 0.29) is 11.5 Å². The fourth-order valence-electron chi connectivity index (χ4n) is 4.98. The second kappa shape index (κ2) is 5.10. The minimum absolute atomic E-state index is 0.0893. The smallest absolute Gasteiger partial charge is 0.119 e. The number of ether oxygens (including phenoxy) is 1. The Kier molecular flexibility index (Phi) is 3.31. The van der Waals surface area contributed by atoms with Gasteiger partial charge in [0, 0.05) is 17.4 Å². The number of aliphatic hydroxyl groups is 1. The molecule has 22 heavy (non-hydrogen) atoms. The van der Waals surface area contributed by atoms with E-state index in [0.29, 0.717) is 18.6 Å². The van der Waals surface area contributed by atoms with Gasteiger partial charge in [-0.25, -0.2) is 0 Å². The van der Waals surface area contributed by atoms with Gasteiger partial charge in [0.05, 0.1) is 12.7 Å². The largest absolute Gasteiger partial charge is 0.494 e. The summed E-state index contributed by atoms with van der Waals surface area (Å²) in [6.45, 7) is 3.84. The lowest BCUT2D eigenvalue weighted by molar-refractivity contribution is 0.0207. The van der Waals surface area contributed by atoms with Gasteiger partial charge in [0.25, 0.3) is 0 Å². The molecule has 1 aliphatic heterocycles. The summed E-state index contributed by atoms with van der Waals surface area (Å²) in [6, 6.07) is 7.15. The minimum Gasteiger partial charge on any atom is -0.494 e. The number of likely N-dealkylation sites (tertiary alicyclic amines) is 1. The van der Waals surface area contributed by atoms with Gasteiger partial charge >= 0.3 is 0 Å². The fraction of sp³-hybridized carbons (Fsp3) is 0.579. The van der Waals surface area contributed by atoms with Gasteiger partial charge < -0.3 is 14.7 Å². The van der Waals surface area contributed by atoms with Crippen LogP contribution in [0.2, 0.25) is 0 Å². The van der Waals surface area contributed by atoms with Crippen LogP contribution in [0, 0.1) is 5.92 Å². The number of hydrogen-bond donors (Lipinski definition) is 1. The van der Waals surface area contributed by atoms with Crippen molar-refractivity contribution >= 4 is 0 Å². The molecule has 3 aliphatic rings. The van der Waals surface area contributed by atoms with Gasteiger partial charge in [-0.3, -0.25) is 0 Å². The van der Waals surface area contributed by atoms with Gasteiger partial charge in [-0.05, 0) is 63.0 Å². The highest BCUT2D eigenvalue weighted by Crippen LogP contribution is 2.54. The van der Waals surface area contributed by atoms with E-state index < -0.39 is 0 Å². The van der Waals surface area contributed by atoms with E-state index in [4.69, 9.17) is 4.74 Å². The fourth-order valence-corrected chi connectivity index (χ4v) is 4.98.